The first-order valence-corrected chi connectivity index (χ1v) is 6.83. The van der Waals surface area contributed by atoms with Crippen LogP contribution in [0.1, 0.15) is 11.1 Å². The van der Waals surface area contributed by atoms with Crippen LogP contribution in [0.15, 0.2) is 46.9 Å². The Morgan fingerprint density at radius 1 is 1.10 bits per heavy atom. The second-order valence-corrected chi connectivity index (χ2v) is 5.21. The summed E-state index contributed by atoms with van der Waals surface area (Å²) in [6.07, 6.45) is 1.84. The first-order valence-electron chi connectivity index (χ1n) is 6.03. The third-order valence-electron chi connectivity index (χ3n) is 2.98. The third kappa shape index (κ3) is 2.54. The molecule has 3 nitrogen and oxygen atoms in total. The van der Waals surface area contributed by atoms with Crippen LogP contribution in [0.5, 0.6) is 11.5 Å². The Hall–Kier alpha value is -2.25. The molecule has 0 saturated carbocycles. The quantitative estimate of drug-likeness (QED) is 0.612. The SMILES string of the molecule is N#C/C(=C/c1ccc2c(c1)OCO2)c1ccc(Br)cc1. The van der Waals surface area contributed by atoms with E-state index in [-0.39, 0.29) is 6.79 Å². The Balaban J connectivity index is 1.97. The number of hydrogen-bond donors (Lipinski definition) is 0. The second-order valence-electron chi connectivity index (χ2n) is 4.29. The van der Waals surface area contributed by atoms with Gasteiger partial charge in [-0.1, -0.05) is 34.1 Å². The zero-order valence-corrected chi connectivity index (χ0v) is 12.1. The summed E-state index contributed by atoms with van der Waals surface area (Å²) >= 11 is 3.38. The van der Waals surface area contributed by atoms with E-state index < -0.39 is 0 Å². The lowest BCUT2D eigenvalue weighted by atomic mass is 10.0. The number of ether oxygens (including phenoxy) is 2. The molecular formula is C16H10BrNO2. The van der Waals surface area contributed by atoms with E-state index in [1.54, 1.807) is 0 Å². The molecule has 0 fully saturated rings. The summed E-state index contributed by atoms with van der Waals surface area (Å²) < 4.78 is 11.6. The van der Waals surface area contributed by atoms with Crippen molar-refractivity contribution in [3.63, 3.8) is 0 Å². The topological polar surface area (TPSA) is 42.2 Å². The van der Waals surface area contributed by atoms with E-state index in [4.69, 9.17) is 9.47 Å². The van der Waals surface area contributed by atoms with Crippen molar-refractivity contribution in [1.82, 2.24) is 0 Å². The molecule has 1 aliphatic rings. The molecule has 0 spiro atoms. The normalized spacial score (nSPS) is 13.1. The standard InChI is InChI=1S/C16H10BrNO2/c17-14-4-2-12(3-5-14)13(9-18)7-11-1-6-15-16(8-11)20-10-19-15/h1-8H,10H2/b13-7-. The molecule has 0 atom stereocenters. The summed E-state index contributed by atoms with van der Waals surface area (Å²) in [5.41, 5.74) is 2.40. The summed E-state index contributed by atoms with van der Waals surface area (Å²) in [5.74, 6) is 1.45. The fraction of sp³-hybridized carbons (Fsp3) is 0.0625. The molecule has 2 aromatic carbocycles. The highest BCUT2D eigenvalue weighted by Gasteiger charge is 2.12. The van der Waals surface area contributed by atoms with Crippen LogP contribution in [-0.2, 0) is 0 Å². The Labute approximate surface area is 125 Å². The molecule has 0 amide bonds. The van der Waals surface area contributed by atoms with Gasteiger partial charge in [0.1, 0.15) is 0 Å². The molecule has 0 saturated heterocycles. The first kappa shape index (κ1) is 12.8. The number of nitriles is 1. The van der Waals surface area contributed by atoms with Crippen molar-refractivity contribution in [3.8, 4) is 17.6 Å². The lowest BCUT2D eigenvalue weighted by Crippen LogP contribution is -1.92. The van der Waals surface area contributed by atoms with Gasteiger partial charge in [0.05, 0.1) is 11.6 Å². The summed E-state index contributed by atoms with van der Waals surface area (Å²) in [6, 6.07) is 15.5. The van der Waals surface area contributed by atoms with Gasteiger partial charge in [-0.15, -0.1) is 0 Å². The fourth-order valence-corrected chi connectivity index (χ4v) is 2.24. The van der Waals surface area contributed by atoms with Gasteiger partial charge in [0, 0.05) is 4.47 Å². The molecule has 0 radical (unpaired) electrons. The van der Waals surface area contributed by atoms with Crippen molar-refractivity contribution in [3.05, 3.63) is 58.1 Å². The molecule has 4 heteroatoms. The Kier molecular flexibility index (Phi) is 3.44. The van der Waals surface area contributed by atoms with Crippen molar-refractivity contribution >= 4 is 27.6 Å². The Bertz CT molecular complexity index is 714. The number of fused-ring (bicyclic) bond motifs is 1. The van der Waals surface area contributed by atoms with Gasteiger partial charge in [0.2, 0.25) is 6.79 Å². The molecule has 20 heavy (non-hydrogen) atoms. The number of hydrogen-bond acceptors (Lipinski definition) is 3. The Morgan fingerprint density at radius 3 is 2.60 bits per heavy atom. The zero-order chi connectivity index (χ0) is 13.9. The lowest BCUT2D eigenvalue weighted by Gasteiger charge is -2.01. The molecule has 1 heterocycles. The van der Waals surface area contributed by atoms with Crippen molar-refractivity contribution in [1.29, 1.82) is 5.26 Å². The number of nitrogens with zero attached hydrogens (tertiary/aromatic N) is 1. The van der Waals surface area contributed by atoms with E-state index in [9.17, 15) is 5.26 Å². The van der Waals surface area contributed by atoms with E-state index in [0.29, 0.717) is 11.3 Å². The van der Waals surface area contributed by atoms with E-state index in [0.717, 1.165) is 21.3 Å². The summed E-state index contributed by atoms with van der Waals surface area (Å²) in [4.78, 5) is 0. The van der Waals surface area contributed by atoms with Crippen LogP contribution >= 0.6 is 15.9 Å². The predicted molar refractivity (Wildman–Crippen MR) is 80.2 cm³/mol. The van der Waals surface area contributed by atoms with Gasteiger partial charge in [0.15, 0.2) is 11.5 Å². The molecule has 2 aromatic rings. The minimum Gasteiger partial charge on any atom is -0.454 e. The summed E-state index contributed by atoms with van der Waals surface area (Å²) in [5, 5.41) is 9.32. The molecule has 1 aliphatic heterocycles. The van der Waals surface area contributed by atoms with Gasteiger partial charge < -0.3 is 9.47 Å². The maximum Gasteiger partial charge on any atom is 0.231 e. The van der Waals surface area contributed by atoms with Crippen LogP contribution in [-0.4, -0.2) is 6.79 Å². The highest BCUT2D eigenvalue weighted by atomic mass is 79.9. The smallest absolute Gasteiger partial charge is 0.231 e. The van der Waals surface area contributed by atoms with Crippen molar-refractivity contribution in [2.75, 3.05) is 6.79 Å². The predicted octanol–water partition coefficient (Wildman–Crippen LogP) is 4.24. The van der Waals surface area contributed by atoms with Crippen LogP contribution in [0.2, 0.25) is 0 Å². The van der Waals surface area contributed by atoms with E-state index in [1.807, 2.05) is 48.5 Å². The molecule has 0 unspecified atom stereocenters. The fourth-order valence-electron chi connectivity index (χ4n) is 1.98. The van der Waals surface area contributed by atoms with Gasteiger partial charge in [-0.2, -0.15) is 5.26 Å². The number of allylic oxidation sites excluding steroid dienone is 1. The van der Waals surface area contributed by atoms with Crippen molar-refractivity contribution < 1.29 is 9.47 Å². The molecule has 98 valence electrons. The summed E-state index contributed by atoms with van der Waals surface area (Å²) in [6.45, 7) is 0.250. The van der Waals surface area contributed by atoms with Gasteiger partial charge in [-0.3, -0.25) is 0 Å². The molecular weight excluding hydrogens is 318 g/mol. The second kappa shape index (κ2) is 5.40. The van der Waals surface area contributed by atoms with Gasteiger partial charge >= 0.3 is 0 Å². The molecule has 0 bridgehead atoms. The van der Waals surface area contributed by atoms with E-state index in [2.05, 4.69) is 22.0 Å². The maximum atomic E-state index is 9.32. The van der Waals surface area contributed by atoms with Crippen LogP contribution in [0.4, 0.5) is 0 Å². The average Bonchev–Trinajstić information content (AvgIpc) is 2.93. The molecule has 3 rings (SSSR count). The number of halogens is 1. The summed E-state index contributed by atoms with van der Waals surface area (Å²) in [7, 11) is 0. The van der Waals surface area contributed by atoms with Gasteiger partial charge in [0.25, 0.3) is 0 Å². The van der Waals surface area contributed by atoms with Crippen molar-refractivity contribution in [2.24, 2.45) is 0 Å². The highest BCUT2D eigenvalue weighted by molar-refractivity contribution is 9.10. The maximum absolute atomic E-state index is 9.32. The van der Waals surface area contributed by atoms with Crippen LogP contribution in [0.25, 0.3) is 11.6 Å². The minimum atomic E-state index is 0.250. The van der Waals surface area contributed by atoms with Crippen molar-refractivity contribution in [2.45, 2.75) is 0 Å². The molecule has 0 aromatic heterocycles. The zero-order valence-electron chi connectivity index (χ0n) is 10.5. The van der Waals surface area contributed by atoms with E-state index in [1.165, 1.54) is 0 Å². The molecule has 0 aliphatic carbocycles. The number of benzene rings is 2. The van der Waals surface area contributed by atoms with Crippen LogP contribution < -0.4 is 9.47 Å². The monoisotopic (exact) mass is 327 g/mol. The largest absolute Gasteiger partial charge is 0.454 e. The highest BCUT2D eigenvalue weighted by Crippen LogP contribution is 2.33. The van der Waals surface area contributed by atoms with Crippen LogP contribution in [0.3, 0.4) is 0 Å². The van der Waals surface area contributed by atoms with Gasteiger partial charge in [-0.05, 0) is 41.5 Å². The first-order chi connectivity index (χ1) is 9.76. The van der Waals surface area contributed by atoms with Crippen LogP contribution in [0, 0.1) is 11.3 Å². The number of rotatable bonds is 2. The third-order valence-corrected chi connectivity index (χ3v) is 3.51. The lowest BCUT2D eigenvalue weighted by molar-refractivity contribution is 0.174. The molecule has 0 N–H and O–H groups in total. The average molecular weight is 328 g/mol. The minimum absolute atomic E-state index is 0.250. The Morgan fingerprint density at radius 2 is 1.85 bits per heavy atom. The van der Waals surface area contributed by atoms with Gasteiger partial charge in [-0.25, -0.2) is 0 Å². The van der Waals surface area contributed by atoms with E-state index >= 15 is 0 Å².